The Labute approximate surface area is 231 Å². The number of hydrogen-bond acceptors (Lipinski definition) is 6. The smallest absolute Gasteiger partial charge is 0.294 e. The number of ether oxygens (including phenoxy) is 2. The van der Waals surface area contributed by atoms with Gasteiger partial charge in [-0.1, -0.05) is 50.2 Å². The van der Waals surface area contributed by atoms with Gasteiger partial charge >= 0.3 is 0 Å². The molecule has 3 aromatic carbocycles. The molecule has 3 aromatic rings. The third-order valence-corrected chi connectivity index (χ3v) is 6.85. The number of carbonyl (C=O) groups excluding carboxylic acids is 3. The molecule has 4 rings (SSSR count). The van der Waals surface area contributed by atoms with Crippen LogP contribution in [0.2, 0.25) is 0 Å². The van der Waals surface area contributed by atoms with Crippen LogP contribution in [-0.2, 0) is 16.2 Å². The number of rotatable bonds is 10. The maximum absolute atomic E-state index is 14.0. The molecule has 0 bridgehead atoms. The summed E-state index contributed by atoms with van der Waals surface area (Å²) < 4.78 is 25.4. The Morgan fingerprint density at radius 3 is 2.46 bits per heavy atom. The first kappa shape index (κ1) is 27.9. The predicted octanol–water partition coefficient (Wildman–Crippen LogP) is 6.60. The van der Waals surface area contributed by atoms with Crippen LogP contribution in [0.25, 0.3) is 6.08 Å². The van der Waals surface area contributed by atoms with Crippen LogP contribution in [0.4, 0.5) is 14.9 Å². The molecule has 1 N–H and O–H groups in total. The summed E-state index contributed by atoms with van der Waals surface area (Å²) in [5.41, 5.74) is 2.75. The number of anilines is 1. The standard InChI is InChI=1S/C30H29FN2O5S/c1-4-37-26-15-20(9-14-25(26)38-18-22-7-5-6-8-24(22)31)16-27-29(35)33(30(36)39-27)17-28(34)32-23-12-10-21(11-13-23)19(2)3/h5-16,19H,4,17-18H2,1-3H3,(H,32,34)/b27-16+. The van der Waals surface area contributed by atoms with Gasteiger partial charge in [0.25, 0.3) is 11.1 Å². The van der Waals surface area contributed by atoms with Crippen molar-refractivity contribution in [1.82, 2.24) is 4.90 Å². The fraction of sp³-hybridized carbons (Fsp3) is 0.233. The van der Waals surface area contributed by atoms with E-state index in [9.17, 15) is 18.8 Å². The van der Waals surface area contributed by atoms with Gasteiger partial charge in [0.15, 0.2) is 11.5 Å². The molecule has 39 heavy (non-hydrogen) atoms. The highest BCUT2D eigenvalue weighted by molar-refractivity contribution is 8.18. The lowest BCUT2D eigenvalue weighted by molar-refractivity contribution is -0.127. The number of hydrogen-bond donors (Lipinski definition) is 1. The highest BCUT2D eigenvalue weighted by Crippen LogP contribution is 2.35. The van der Waals surface area contributed by atoms with Crippen LogP contribution in [0, 0.1) is 5.82 Å². The van der Waals surface area contributed by atoms with Crippen LogP contribution in [0.1, 0.15) is 43.4 Å². The van der Waals surface area contributed by atoms with E-state index in [0.717, 1.165) is 22.2 Å². The molecule has 3 amide bonds. The molecule has 1 fully saturated rings. The van der Waals surface area contributed by atoms with Crippen LogP contribution in [0.15, 0.2) is 71.6 Å². The number of nitrogens with zero attached hydrogens (tertiary/aromatic N) is 1. The van der Waals surface area contributed by atoms with E-state index in [4.69, 9.17) is 9.47 Å². The third-order valence-electron chi connectivity index (χ3n) is 5.94. The molecule has 1 heterocycles. The summed E-state index contributed by atoms with van der Waals surface area (Å²) in [6, 6.07) is 18.8. The summed E-state index contributed by atoms with van der Waals surface area (Å²) in [6.07, 6.45) is 1.57. The number of carbonyl (C=O) groups is 3. The fourth-order valence-electron chi connectivity index (χ4n) is 3.86. The lowest BCUT2D eigenvalue weighted by atomic mass is 10.0. The minimum Gasteiger partial charge on any atom is -0.490 e. The maximum Gasteiger partial charge on any atom is 0.294 e. The summed E-state index contributed by atoms with van der Waals surface area (Å²) in [7, 11) is 0. The minimum atomic E-state index is -0.548. The number of nitrogens with one attached hydrogen (secondary N) is 1. The van der Waals surface area contributed by atoms with Crippen LogP contribution in [0.3, 0.4) is 0 Å². The largest absolute Gasteiger partial charge is 0.490 e. The summed E-state index contributed by atoms with van der Waals surface area (Å²) in [4.78, 5) is 39.1. The first-order valence-electron chi connectivity index (χ1n) is 12.5. The van der Waals surface area contributed by atoms with Crippen molar-refractivity contribution in [1.29, 1.82) is 0 Å². The molecule has 0 atom stereocenters. The van der Waals surface area contributed by atoms with Gasteiger partial charge in [0.05, 0.1) is 11.5 Å². The Morgan fingerprint density at radius 1 is 1.03 bits per heavy atom. The molecule has 7 nitrogen and oxygen atoms in total. The molecule has 0 aliphatic carbocycles. The lowest BCUT2D eigenvalue weighted by Gasteiger charge is -2.13. The van der Waals surface area contributed by atoms with Gasteiger partial charge in [-0.3, -0.25) is 19.3 Å². The molecular formula is C30H29FN2O5S. The second-order valence-corrected chi connectivity index (χ2v) is 10.1. The van der Waals surface area contributed by atoms with Crippen molar-refractivity contribution in [3.8, 4) is 11.5 Å². The van der Waals surface area contributed by atoms with E-state index in [1.807, 2.05) is 19.1 Å². The van der Waals surface area contributed by atoms with Crippen molar-refractivity contribution in [3.63, 3.8) is 0 Å². The highest BCUT2D eigenvalue weighted by Gasteiger charge is 2.36. The molecule has 1 aliphatic rings. The summed E-state index contributed by atoms with van der Waals surface area (Å²) >= 11 is 0.767. The fourth-order valence-corrected chi connectivity index (χ4v) is 4.69. The highest BCUT2D eigenvalue weighted by atomic mass is 32.2. The minimum absolute atomic E-state index is 0.0227. The van der Waals surface area contributed by atoms with Crippen molar-refractivity contribution in [2.75, 3.05) is 18.5 Å². The number of thioether (sulfide) groups is 1. The van der Waals surface area contributed by atoms with E-state index in [1.54, 1.807) is 54.6 Å². The van der Waals surface area contributed by atoms with Crippen LogP contribution < -0.4 is 14.8 Å². The Bertz CT molecular complexity index is 1400. The topological polar surface area (TPSA) is 84.9 Å². The summed E-state index contributed by atoms with van der Waals surface area (Å²) in [6.45, 7) is 5.98. The van der Waals surface area contributed by atoms with Gasteiger partial charge in [0.2, 0.25) is 5.91 Å². The predicted molar refractivity (Wildman–Crippen MR) is 150 cm³/mol. The molecule has 0 radical (unpaired) electrons. The number of halogens is 1. The molecule has 202 valence electrons. The Morgan fingerprint density at radius 2 is 1.77 bits per heavy atom. The monoisotopic (exact) mass is 548 g/mol. The van der Waals surface area contributed by atoms with E-state index in [1.165, 1.54) is 6.07 Å². The number of amides is 3. The summed E-state index contributed by atoms with van der Waals surface area (Å²) in [5.74, 6) is -0.170. The molecule has 0 aromatic heterocycles. The van der Waals surface area contributed by atoms with Gasteiger partial charge in [-0.2, -0.15) is 0 Å². The van der Waals surface area contributed by atoms with Crippen LogP contribution in [0.5, 0.6) is 11.5 Å². The number of benzene rings is 3. The average molecular weight is 549 g/mol. The first-order chi connectivity index (χ1) is 18.7. The molecule has 0 unspecified atom stereocenters. The SMILES string of the molecule is CCOc1cc(/C=C2/SC(=O)N(CC(=O)Nc3ccc(C(C)C)cc3)C2=O)ccc1OCc1ccccc1F. The summed E-state index contributed by atoms with van der Waals surface area (Å²) in [5, 5.41) is 2.21. The van der Waals surface area contributed by atoms with E-state index in [2.05, 4.69) is 19.2 Å². The van der Waals surface area contributed by atoms with Gasteiger partial charge in [-0.25, -0.2) is 4.39 Å². The van der Waals surface area contributed by atoms with E-state index >= 15 is 0 Å². The lowest BCUT2D eigenvalue weighted by Crippen LogP contribution is -2.36. The maximum atomic E-state index is 14.0. The van der Waals surface area contributed by atoms with Crippen molar-refractivity contribution < 1.29 is 28.2 Å². The van der Waals surface area contributed by atoms with Gasteiger partial charge in [0.1, 0.15) is 19.0 Å². The van der Waals surface area contributed by atoms with Gasteiger partial charge in [-0.05, 0) is 72.1 Å². The van der Waals surface area contributed by atoms with Crippen molar-refractivity contribution in [2.45, 2.75) is 33.3 Å². The zero-order valence-corrected chi connectivity index (χ0v) is 22.7. The van der Waals surface area contributed by atoms with E-state index in [-0.39, 0.29) is 23.9 Å². The first-order valence-corrected chi connectivity index (χ1v) is 13.3. The second-order valence-electron chi connectivity index (χ2n) is 9.11. The van der Waals surface area contributed by atoms with Gasteiger partial charge in [0, 0.05) is 11.3 Å². The van der Waals surface area contributed by atoms with Gasteiger partial charge < -0.3 is 14.8 Å². The van der Waals surface area contributed by atoms with Crippen molar-refractivity contribution >= 4 is 40.6 Å². The molecule has 0 spiro atoms. The molecule has 9 heteroatoms. The third kappa shape index (κ3) is 7.06. The zero-order valence-electron chi connectivity index (χ0n) is 21.9. The van der Waals surface area contributed by atoms with Crippen molar-refractivity contribution in [3.05, 3.63) is 94.1 Å². The van der Waals surface area contributed by atoms with Crippen molar-refractivity contribution in [2.24, 2.45) is 0 Å². The average Bonchev–Trinajstić information content (AvgIpc) is 3.16. The van der Waals surface area contributed by atoms with Crippen LogP contribution in [-0.4, -0.2) is 35.1 Å². The Kier molecular flexibility index (Phi) is 9.03. The molecule has 1 saturated heterocycles. The number of imide groups is 1. The zero-order chi connectivity index (χ0) is 27.9. The Balaban J connectivity index is 1.43. The quantitative estimate of drug-likeness (QED) is 0.287. The normalized spacial score (nSPS) is 14.3. The molecule has 1 aliphatic heterocycles. The van der Waals surface area contributed by atoms with E-state index < -0.39 is 17.1 Å². The molecular weight excluding hydrogens is 519 g/mol. The Hall–Kier alpha value is -4.11. The second kappa shape index (κ2) is 12.6. The van der Waals surface area contributed by atoms with E-state index in [0.29, 0.717) is 40.8 Å². The van der Waals surface area contributed by atoms with Crippen LogP contribution >= 0.6 is 11.8 Å². The molecule has 0 saturated carbocycles. The van der Waals surface area contributed by atoms with Gasteiger partial charge in [-0.15, -0.1) is 0 Å².